The number of benzene rings is 1. The second kappa shape index (κ2) is 5.26. The molecule has 0 aromatic heterocycles. The van der Waals surface area contributed by atoms with Crippen molar-refractivity contribution in [3.8, 4) is 5.75 Å². The molecule has 2 saturated heterocycles. The molecule has 0 N–H and O–H groups in total. The number of hydrogen-bond acceptors (Lipinski definition) is 5. The summed E-state index contributed by atoms with van der Waals surface area (Å²) in [4.78, 5) is 12.5. The molecule has 21 heavy (non-hydrogen) atoms. The topological polar surface area (TPSA) is 54.0 Å². The summed E-state index contributed by atoms with van der Waals surface area (Å²) in [6.45, 7) is 7.28. The minimum Gasteiger partial charge on any atom is -0.426 e. The first-order valence-corrected chi connectivity index (χ1v) is 6.90. The van der Waals surface area contributed by atoms with E-state index in [2.05, 4.69) is 6.58 Å². The lowest BCUT2D eigenvalue weighted by atomic mass is 9.98. The smallest absolute Gasteiger partial charge is 0.320 e. The molecule has 0 bridgehead atoms. The van der Waals surface area contributed by atoms with Crippen LogP contribution in [0.4, 0.5) is 0 Å². The highest BCUT2D eigenvalue weighted by molar-refractivity contribution is 5.77. The van der Waals surface area contributed by atoms with Gasteiger partial charge in [0, 0.05) is 0 Å². The zero-order valence-electron chi connectivity index (χ0n) is 12.0. The second-order valence-electron chi connectivity index (χ2n) is 5.56. The largest absolute Gasteiger partial charge is 0.426 e. The highest BCUT2D eigenvalue weighted by atomic mass is 16.8. The number of esters is 1. The van der Waals surface area contributed by atoms with Crippen LogP contribution < -0.4 is 4.74 Å². The third-order valence-corrected chi connectivity index (χ3v) is 3.55. The molecule has 2 aliphatic heterocycles. The molecule has 0 radical (unpaired) electrons. The number of rotatable bonds is 3. The molecule has 5 nitrogen and oxygen atoms in total. The lowest BCUT2D eigenvalue weighted by Gasteiger charge is -2.23. The predicted octanol–water partition coefficient (Wildman–Crippen LogP) is 2.27. The predicted molar refractivity (Wildman–Crippen MR) is 74.5 cm³/mol. The van der Waals surface area contributed by atoms with Crippen molar-refractivity contribution in [3.05, 3.63) is 43.0 Å². The van der Waals surface area contributed by atoms with Crippen molar-refractivity contribution in [2.75, 3.05) is 0 Å². The van der Waals surface area contributed by atoms with Crippen molar-refractivity contribution in [2.24, 2.45) is 5.92 Å². The quantitative estimate of drug-likeness (QED) is 0.485. The maximum Gasteiger partial charge on any atom is 0.320 e. The van der Waals surface area contributed by atoms with Gasteiger partial charge in [0.15, 0.2) is 12.1 Å². The molecule has 4 atom stereocenters. The monoisotopic (exact) mass is 290 g/mol. The van der Waals surface area contributed by atoms with Crippen LogP contribution in [0.15, 0.2) is 43.0 Å². The molecule has 2 aliphatic rings. The van der Waals surface area contributed by atoms with Gasteiger partial charge < -0.3 is 18.9 Å². The van der Waals surface area contributed by atoms with E-state index in [0.29, 0.717) is 5.75 Å². The van der Waals surface area contributed by atoms with Gasteiger partial charge in [-0.05, 0) is 26.0 Å². The SMILES string of the molecule is C=C[C@H]1O[C@@H]2OC(C)(C)O[C@@H]2[C@H]1C(=O)Oc1ccccc1. The first-order chi connectivity index (χ1) is 10.00. The van der Waals surface area contributed by atoms with Crippen LogP contribution in [0, 0.1) is 5.92 Å². The molecule has 0 saturated carbocycles. The van der Waals surface area contributed by atoms with Crippen LogP contribution in [0.2, 0.25) is 0 Å². The van der Waals surface area contributed by atoms with Gasteiger partial charge in [0.2, 0.25) is 0 Å². The molecule has 0 aliphatic carbocycles. The summed E-state index contributed by atoms with van der Waals surface area (Å²) >= 11 is 0. The van der Waals surface area contributed by atoms with Crippen LogP contribution in [-0.2, 0) is 19.0 Å². The van der Waals surface area contributed by atoms with Crippen molar-refractivity contribution in [1.29, 1.82) is 0 Å². The van der Waals surface area contributed by atoms with E-state index in [9.17, 15) is 4.79 Å². The van der Waals surface area contributed by atoms with Crippen LogP contribution >= 0.6 is 0 Å². The summed E-state index contributed by atoms with van der Waals surface area (Å²) in [7, 11) is 0. The Labute approximate surface area is 123 Å². The van der Waals surface area contributed by atoms with E-state index >= 15 is 0 Å². The zero-order valence-corrected chi connectivity index (χ0v) is 12.0. The van der Waals surface area contributed by atoms with Crippen LogP contribution in [0.5, 0.6) is 5.75 Å². The minimum absolute atomic E-state index is 0.403. The van der Waals surface area contributed by atoms with E-state index in [1.54, 1.807) is 44.2 Å². The number of carbonyl (C=O) groups excluding carboxylic acids is 1. The van der Waals surface area contributed by atoms with Gasteiger partial charge in [0.05, 0.1) is 6.10 Å². The summed E-state index contributed by atoms with van der Waals surface area (Å²) in [5.74, 6) is -1.27. The minimum atomic E-state index is -0.771. The fraction of sp³-hybridized carbons (Fsp3) is 0.438. The summed E-state index contributed by atoms with van der Waals surface area (Å²) < 4.78 is 22.5. The second-order valence-corrected chi connectivity index (χ2v) is 5.56. The van der Waals surface area contributed by atoms with Crippen molar-refractivity contribution in [3.63, 3.8) is 0 Å². The molecule has 2 heterocycles. The van der Waals surface area contributed by atoms with Crippen molar-refractivity contribution in [1.82, 2.24) is 0 Å². The Morgan fingerprint density at radius 2 is 2.00 bits per heavy atom. The molecular weight excluding hydrogens is 272 g/mol. The maximum absolute atomic E-state index is 12.5. The normalized spacial score (nSPS) is 33.4. The molecule has 3 rings (SSSR count). The van der Waals surface area contributed by atoms with E-state index in [0.717, 1.165) is 0 Å². The third kappa shape index (κ3) is 2.72. The Morgan fingerprint density at radius 1 is 1.29 bits per heavy atom. The van der Waals surface area contributed by atoms with Gasteiger partial charge in [-0.3, -0.25) is 4.79 Å². The molecule has 1 aromatic rings. The fourth-order valence-electron chi connectivity index (χ4n) is 2.68. The van der Waals surface area contributed by atoms with E-state index < -0.39 is 36.2 Å². The molecule has 0 spiro atoms. The van der Waals surface area contributed by atoms with Crippen molar-refractivity contribution in [2.45, 2.75) is 38.1 Å². The van der Waals surface area contributed by atoms with E-state index in [4.69, 9.17) is 18.9 Å². The highest BCUT2D eigenvalue weighted by Crippen LogP contribution is 2.41. The van der Waals surface area contributed by atoms with Crippen LogP contribution in [0.25, 0.3) is 0 Å². The Morgan fingerprint density at radius 3 is 2.67 bits per heavy atom. The standard InChI is InChI=1S/C16H18O5/c1-4-11-12(13-15(19-11)21-16(2,3)20-13)14(17)18-10-8-6-5-7-9-10/h4-9,11-13,15H,1H2,2-3H3/t11-,12+,13-,15-/m1/s1. The van der Waals surface area contributed by atoms with Crippen molar-refractivity contribution >= 4 is 5.97 Å². The molecule has 1 aromatic carbocycles. The fourth-order valence-corrected chi connectivity index (χ4v) is 2.68. The number of para-hydroxylation sites is 1. The van der Waals surface area contributed by atoms with Crippen LogP contribution in [0.3, 0.4) is 0 Å². The molecule has 0 unspecified atom stereocenters. The number of hydrogen-bond donors (Lipinski definition) is 0. The summed E-state index contributed by atoms with van der Waals surface area (Å²) in [6, 6.07) is 8.92. The summed E-state index contributed by atoms with van der Waals surface area (Å²) in [6.07, 6.45) is 0.0393. The van der Waals surface area contributed by atoms with Gasteiger partial charge in [-0.2, -0.15) is 0 Å². The van der Waals surface area contributed by atoms with E-state index in [-0.39, 0.29) is 0 Å². The van der Waals surface area contributed by atoms with Crippen LogP contribution in [-0.4, -0.2) is 30.3 Å². The van der Waals surface area contributed by atoms with Gasteiger partial charge in [-0.15, -0.1) is 6.58 Å². The highest BCUT2D eigenvalue weighted by Gasteiger charge is 2.57. The summed E-state index contributed by atoms with van der Waals surface area (Å²) in [5.41, 5.74) is 0. The Kier molecular flexibility index (Phi) is 3.57. The molecule has 5 heteroatoms. The number of ether oxygens (including phenoxy) is 4. The maximum atomic E-state index is 12.5. The zero-order chi connectivity index (χ0) is 15.0. The van der Waals surface area contributed by atoms with E-state index in [1.165, 1.54) is 0 Å². The molecule has 112 valence electrons. The molecular formula is C16H18O5. The number of fused-ring (bicyclic) bond motifs is 1. The average Bonchev–Trinajstić information content (AvgIpc) is 2.90. The van der Waals surface area contributed by atoms with Gasteiger partial charge >= 0.3 is 5.97 Å². The lowest BCUT2D eigenvalue weighted by Crippen LogP contribution is -2.37. The van der Waals surface area contributed by atoms with Crippen molar-refractivity contribution < 1.29 is 23.7 Å². The first kappa shape index (κ1) is 14.3. The van der Waals surface area contributed by atoms with Gasteiger partial charge in [0.1, 0.15) is 17.8 Å². The third-order valence-electron chi connectivity index (χ3n) is 3.55. The number of carbonyl (C=O) groups is 1. The van der Waals surface area contributed by atoms with Gasteiger partial charge in [0.25, 0.3) is 0 Å². The Bertz CT molecular complexity index is 539. The first-order valence-electron chi connectivity index (χ1n) is 6.90. The Balaban J connectivity index is 1.78. The lowest BCUT2D eigenvalue weighted by molar-refractivity contribution is -0.205. The molecule has 2 fully saturated rings. The summed E-state index contributed by atoms with van der Waals surface area (Å²) in [5, 5.41) is 0. The molecule has 0 amide bonds. The van der Waals surface area contributed by atoms with Gasteiger partial charge in [-0.1, -0.05) is 24.3 Å². The van der Waals surface area contributed by atoms with Gasteiger partial charge in [-0.25, -0.2) is 0 Å². The Hall–Kier alpha value is -1.69. The van der Waals surface area contributed by atoms with E-state index in [1.807, 2.05) is 6.07 Å². The average molecular weight is 290 g/mol. The van der Waals surface area contributed by atoms with Crippen LogP contribution in [0.1, 0.15) is 13.8 Å².